The number of rotatable bonds is 5. The fourth-order valence-corrected chi connectivity index (χ4v) is 1.82. The zero-order valence-corrected chi connectivity index (χ0v) is 9.46. The molecule has 2 nitrogen and oxygen atoms in total. The van der Waals surface area contributed by atoms with E-state index in [0.717, 1.165) is 13.1 Å². The maximum atomic E-state index is 2.51. The van der Waals surface area contributed by atoms with Crippen LogP contribution in [-0.4, -0.2) is 49.1 Å². The lowest BCUT2D eigenvalue weighted by molar-refractivity contribution is 0.145. The van der Waals surface area contributed by atoms with Crippen LogP contribution in [0.2, 0.25) is 0 Å². The molecule has 0 aromatic heterocycles. The molecule has 0 amide bonds. The van der Waals surface area contributed by atoms with Gasteiger partial charge in [0.2, 0.25) is 0 Å². The average molecular weight is 172 g/mol. The van der Waals surface area contributed by atoms with E-state index in [9.17, 15) is 0 Å². The summed E-state index contributed by atoms with van der Waals surface area (Å²) in [5, 5.41) is 0. The molecule has 0 saturated carbocycles. The molecular formula is C10H24N2. The maximum absolute atomic E-state index is 2.51. The van der Waals surface area contributed by atoms with Crippen LogP contribution < -0.4 is 0 Å². The zero-order valence-electron chi connectivity index (χ0n) is 9.46. The van der Waals surface area contributed by atoms with E-state index in [1.54, 1.807) is 0 Å². The fourth-order valence-electron chi connectivity index (χ4n) is 1.82. The first-order valence-corrected chi connectivity index (χ1v) is 4.89. The van der Waals surface area contributed by atoms with Gasteiger partial charge in [0.1, 0.15) is 0 Å². The Balaban J connectivity index is 3.94. The van der Waals surface area contributed by atoms with Gasteiger partial charge in [0.15, 0.2) is 0 Å². The molecule has 0 aliphatic heterocycles. The summed E-state index contributed by atoms with van der Waals surface area (Å²) in [6.45, 7) is 11.3. The molecular weight excluding hydrogens is 148 g/mol. The van der Waals surface area contributed by atoms with Crippen LogP contribution in [0, 0.1) is 0 Å². The molecule has 0 radical (unpaired) electrons. The van der Waals surface area contributed by atoms with Crippen LogP contribution in [0.25, 0.3) is 0 Å². The predicted octanol–water partition coefficient (Wildman–Crippen LogP) is 1.67. The second-order valence-corrected chi connectivity index (χ2v) is 4.04. The van der Waals surface area contributed by atoms with Crippen LogP contribution in [0.5, 0.6) is 0 Å². The normalized spacial score (nSPS) is 14.8. The van der Waals surface area contributed by atoms with Crippen molar-refractivity contribution in [1.82, 2.24) is 9.80 Å². The van der Waals surface area contributed by atoms with Crippen LogP contribution in [0.15, 0.2) is 0 Å². The van der Waals surface area contributed by atoms with Gasteiger partial charge >= 0.3 is 0 Å². The van der Waals surface area contributed by atoms with Gasteiger partial charge in [-0.05, 0) is 41.4 Å². The van der Waals surface area contributed by atoms with E-state index in [-0.39, 0.29) is 0 Å². The van der Waals surface area contributed by atoms with Gasteiger partial charge in [-0.3, -0.25) is 4.90 Å². The first-order valence-electron chi connectivity index (χ1n) is 4.89. The molecule has 1 unspecified atom stereocenters. The Morgan fingerprint density at radius 3 is 1.83 bits per heavy atom. The third kappa shape index (κ3) is 4.07. The second kappa shape index (κ2) is 5.55. The third-order valence-electron chi connectivity index (χ3n) is 2.22. The van der Waals surface area contributed by atoms with Crippen molar-refractivity contribution in [3.63, 3.8) is 0 Å². The molecule has 0 heterocycles. The van der Waals surface area contributed by atoms with Crippen molar-refractivity contribution >= 4 is 0 Å². The number of likely N-dealkylation sites (N-methyl/N-ethyl adjacent to an activating group) is 2. The Bertz CT molecular complexity index is 110. The van der Waals surface area contributed by atoms with Crippen molar-refractivity contribution in [3.8, 4) is 0 Å². The summed E-state index contributed by atoms with van der Waals surface area (Å²) in [5.74, 6) is 0. The standard InChI is InChI=1S/C10H24N2/c1-7-12(9(2)3)10(4)8-11(5)6/h9-10H,7-8H2,1-6H3. The fraction of sp³-hybridized carbons (Fsp3) is 1.00. The lowest BCUT2D eigenvalue weighted by Crippen LogP contribution is -2.43. The molecule has 0 rings (SSSR count). The summed E-state index contributed by atoms with van der Waals surface area (Å²) in [7, 11) is 4.26. The van der Waals surface area contributed by atoms with Crippen molar-refractivity contribution < 1.29 is 0 Å². The second-order valence-electron chi connectivity index (χ2n) is 4.04. The smallest absolute Gasteiger partial charge is 0.0197 e. The molecule has 1 atom stereocenters. The van der Waals surface area contributed by atoms with E-state index in [1.807, 2.05) is 0 Å². The molecule has 0 bridgehead atoms. The molecule has 12 heavy (non-hydrogen) atoms. The summed E-state index contributed by atoms with van der Waals surface area (Å²) in [4.78, 5) is 4.76. The SMILES string of the molecule is CCN(C(C)C)C(C)CN(C)C. The van der Waals surface area contributed by atoms with Crippen molar-refractivity contribution in [2.75, 3.05) is 27.2 Å². The first kappa shape index (κ1) is 11.9. The largest absolute Gasteiger partial charge is 0.308 e. The summed E-state index contributed by atoms with van der Waals surface area (Å²) in [5.41, 5.74) is 0. The summed E-state index contributed by atoms with van der Waals surface area (Å²) >= 11 is 0. The van der Waals surface area contributed by atoms with E-state index < -0.39 is 0 Å². The lowest BCUT2D eigenvalue weighted by atomic mass is 10.2. The van der Waals surface area contributed by atoms with E-state index in [0.29, 0.717) is 12.1 Å². The summed E-state index contributed by atoms with van der Waals surface area (Å²) in [6.07, 6.45) is 0. The Morgan fingerprint density at radius 1 is 1.08 bits per heavy atom. The van der Waals surface area contributed by atoms with Gasteiger partial charge in [0, 0.05) is 18.6 Å². The monoisotopic (exact) mass is 172 g/mol. The molecule has 0 spiro atoms. The minimum atomic E-state index is 0.657. The molecule has 0 aromatic rings. The van der Waals surface area contributed by atoms with Crippen LogP contribution in [0.4, 0.5) is 0 Å². The third-order valence-corrected chi connectivity index (χ3v) is 2.22. The predicted molar refractivity (Wildman–Crippen MR) is 55.5 cm³/mol. The van der Waals surface area contributed by atoms with Crippen molar-refractivity contribution in [2.24, 2.45) is 0 Å². The molecule has 0 N–H and O–H groups in total. The number of hydrogen-bond donors (Lipinski definition) is 0. The van der Waals surface area contributed by atoms with Crippen molar-refractivity contribution in [1.29, 1.82) is 0 Å². The highest BCUT2D eigenvalue weighted by atomic mass is 15.2. The van der Waals surface area contributed by atoms with Gasteiger partial charge in [0.05, 0.1) is 0 Å². The van der Waals surface area contributed by atoms with Crippen LogP contribution in [0.1, 0.15) is 27.7 Å². The van der Waals surface area contributed by atoms with Gasteiger partial charge in [-0.25, -0.2) is 0 Å². The maximum Gasteiger partial charge on any atom is 0.0197 e. The van der Waals surface area contributed by atoms with Gasteiger partial charge in [-0.2, -0.15) is 0 Å². The molecule has 0 saturated heterocycles. The minimum Gasteiger partial charge on any atom is -0.308 e. The van der Waals surface area contributed by atoms with E-state index >= 15 is 0 Å². The summed E-state index contributed by atoms with van der Waals surface area (Å²) in [6, 6.07) is 1.31. The Kier molecular flexibility index (Phi) is 5.51. The molecule has 0 fully saturated rings. The molecule has 0 aromatic carbocycles. The van der Waals surface area contributed by atoms with Gasteiger partial charge in [0.25, 0.3) is 0 Å². The van der Waals surface area contributed by atoms with Crippen LogP contribution >= 0.6 is 0 Å². The van der Waals surface area contributed by atoms with E-state index in [4.69, 9.17) is 0 Å². The zero-order chi connectivity index (χ0) is 9.72. The van der Waals surface area contributed by atoms with Crippen molar-refractivity contribution in [3.05, 3.63) is 0 Å². The van der Waals surface area contributed by atoms with E-state index in [2.05, 4.69) is 51.6 Å². The molecule has 0 aliphatic carbocycles. The highest BCUT2D eigenvalue weighted by Crippen LogP contribution is 2.04. The average Bonchev–Trinajstić information content (AvgIpc) is 1.85. The van der Waals surface area contributed by atoms with Gasteiger partial charge < -0.3 is 4.90 Å². The quantitative estimate of drug-likeness (QED) is 0.622. The topological polar surface area (TPSA) is 6.48 Å². The van der Waals surface area contributed by atoms with Crippen molar-refractivity contribution in [2.45, 2.75) is 39.8 Å². The van der Waals surface area contributed by atoms with Gasteiger partial charge in [-0.15, -0.1) is 0 Å². The Labute approximate surface area is 77.5 Å². The summed E-state index contributed by atoms with van der Waals surface area (Å²) < 4.78 is 0. The number of hydrogen-bond acceptors (Lipinski definition) is 2. The van der Waals surface area contributed by atoms with Gasteiger partial charge in [-0.1, -0.05) is 6.92 Å². The van der Waals surface area contributed by atoms with Crippen LogP contribution in [0.3, 0.4) is 0 Å². The minimum absolute atomic E-state index is 0.657. The van der Waals surface area contributed by atoms with E-state index in [1.165, 1.54) is 0 Å². The first-order chi connectivity index (χ1) is 5.49. The molecule has 0 aliphatic rings. The Hall–Kier alpha value is -0.0800. The van der Waals surface area contributed by atoms with Crippen LogP contribution in [-0.2, 0) is 0 Å². The molecule has 2 heteroatoms. The highest BCUT2D eigenvalue weighted by molar-refractivity contribution is 4.71. The molecule has 74 valence electrons. The Morgan fingerprint density at radius 2 is 1.58 bits per heavy atom. The lowest BCUT2D eigenvalue weighted by Gasteiger charge is -2.33. The number of nitrogens with zero attached hydrogens (tertiary/aromatic N) is 2. The highest BCUT2D eigenvalue weighted by Gasteiger charge is 2.14.